The van der Waals surface area contributed by atoms with Crippen molar-refractivity contribution in [2.24, 2.45) is 0 Å². The Morgan fingerprint density at radius 1 is 1.32 bits per heavy atom. The van der Waals surface area contributed by atoms with Crippen molar-refractivity contribution < 1.29 is 9.47 Å². The number of rotatable bonds is 4. The second-order valence-corrected chi connectivity index (χ2v) is 6.55. The summed E-state index contributed by atoms with van der Waals surface area (Å²) >= 11 is 0. The van der Waals surface area contributed by atoms with E-state index in [0.717, 1.165) is 50.2 Å². The highest BCUT2D eigenvalue weighted by Crippen LogP contribution is 2.49. The number of imidazole rings is 1. The predicted molar refractivity (Wildman–Crippen MR) is 83.7 cm³/mol. The van der Waals surface area contributed by atoms with Gasteiger partial charge in [0.1, 0.15) is 5.65 Å². The molecule has 5 nitrogen and oxygen atoms in total. The van der Waals surface area contributed by atoms with Crippen LogP contribution < -0.4 is 5.32 Å². The molecule has 1 aliphatic carbocycles. The van der Waals surface area contributed by atoms with Crippen LogP contribution in [0.4, 0.5) is 0 Å². The molecule has 2 aliphatic rings. The van der Waals surface area contributed by atoms with Crippen molar-refractivity contribution in [3.05, 3.63) is 35.8 Å². The number of fused-ring (bicyclic) bond motifs is 2. The highest BCUT2D eigenvalue weighted by Gasteiger charge is 2.59. The number of pyridine rings is 1. The van der Waals surface area contributed by atoms with Crippen LogP contribution in [0.3, 0.4) is 0 Å². The molecule has 2 aromatic heterocycles. The molecule has 0 spiro atoms. The van der Waals surface area contributed by atoms with Crippen molar-refractivity contribution >= 4 is 5.65 Å². The third-order valence-corrected chi connectivity index (χ3v) is 5.29. The predicted octanol–water partition coefficient (Wildman–Crippen LogP) is 2.42. The molecule has 2 aromatic rings. The van der Waals surface area contributed by atoms with E-state index in [0.29, 0.717) is 0 Å². The molecule has 0 amide bonds. The minimum Gasteiger partial charge on any atom is -0.351 e. The van der Waals surface area contributed by atoms with Crippen LogP contribution in [-0.2, 0) is 16.0 Å². The lowest BCUT2D eigenvalue weighted by Gasteiger charge is -2.38. The van der Waals surface area contributed by atoms with E-state index in [1.54, 1.807) is 7.11 Å². The number of methoxy groups -OCH3 is 1. The normalized spacial score (nSPS) is 31.0. The first kappa shape index (κ1) is 14.2. The van der Waals surface area contributed by atoms with Gasteiger partial charge in [0.25, 0.3) is 0 Å². The second-order valence-electron chi connectivity index (χ2n) is 6.55. The van der Waals surface area contributed by atoms with Crippen LogP contribution in [-0.4, -0.2) is 34.4 Å². The summed E-state index contributed by atoms with van der Waals surface area (Å²) in [5.74, 6) is -0.442. The lowest BCUT2D eigenvalue weighted by Crippen LogP contribution is -2.57. The van der Waals surface area contributed by atoms with E-state index in [1.807, 2.05) is 0 Å². The van der Waals surface area contributed by atoms with Crippen molar-refractivity contribution in [2.45, 2.75) is 50.5 Å². The first-order valence-electron chi connectivity index (χ1n) is 8.05. The van der Waals surface area contributed by atoms with Gasteiger partial charge >= 0.3 is 0 Å². The van der Waals surface area contributed by atoms with Crippen LogP contribution in [0, 0.1) is 6.92 Å². The fourth-order valence-corrected chi connectivity index (χ4v) is 4.14. The number of aromatic nitrogens is 2. The first-order valence-corrected chi connectivity index (χ1v) is 8.05. The molecular weight excluding hydrogens is 278 g/mol. The Morgan fingerprint density at radius 2 is 2.23 bits per heavy atom. The average molecular weight is 301 g/mol. The largest absolute Gasteiger partial charge is 0.351 e. The van der Waals surface area contributed by atoms with Crippen LogP contribution in [0.15, 0.2) is 24.5 Å². The number of hydrogen-bond acceptors (Lipinski definition) is 4. The highest BCUT2D eigenvalue weighted by atomic mass is 16.7. The molecule has 1 saturated heterocycles. The van der Waals surface area contributed by atoms with Gasteiger partial charge in [-0.2, -0.15) is 0 Å². The molecule has 0 unspecified atom stereocenters. The molecule has 1 N–H and O–H groups in total. The first-order chi connectivity index (χ1) is 10.7. The third kappa shape index (κ3) is 2.00. The van der Waals surface area contributed by atoms with Crippen LogP contribution in [0.25, 0.3) is 5.65 Å². The number of nitrogens with one attached hydrogen (secondary N) is 1. The molecule has 1 aliphatic heterocycles. The minimum absolute atomic E-state index is 0.0620. The Hall–Kier alpha value is -1.43. The standard InChI is InChI=1S/C17H23N3O2/c1-13-4-5-15-19-14(12-20(15)11-13)10-18-16-6-3-7-17(16,21-2)22-9-8-16/h4-5,11-12,18H,3,6-10H2,1-2H3/t16-,17+/m1/s1. The van der Waals surface area contributed by atoms with E-state index in [2.05, 4.69) is 41.2 Å². The summed E-state index contributed by atoms with van der Waals surface area (Å²) in [6, 6.07) is 4.15. The van der Waals surface area contributed by atoms with E-state index in [9.17, 15) is 0 Å². The summed E-state index contributed by atoms with van der Waals surface area (Å²) in [4.78, 5) is 4.69. The fraction of sp³-hybridized carbons (Fsp3) is 0.588. The van der Waals surface area contributed by atoms with E-state index in [1.165, 1.54) is 5.56 Å². The number of hydrogen-bond donors (Lipinski definition) is 1. The third-order valence-electron chi connectivity index (χ3n) is 5.29. The Kier molecular flexibility index (Phi) is 3.25. The van der Waals surface area contributed by atoms with Crippen molar-refractivity contribution in [1.82, 2.24) is 14.7 Å². The molecule has 3 heterocycles. The maximum atomic E-state index is 5.97. The monoisotopic (exact) mass is 301 g/mol. The van der Waals surface area contributed by atoms with Gasteiger partial charge < -0.3 is 19.2 Å². The Bertz CT molecular complexity index is 684. The minimum atomic E-state index is -0.442. The molecule has 0 aromatic carbocycles. The van der Waals surface area contributed by atoms with Crippen molar-refractivity contribution in [2.75, 3.05) is 13.7 Å². The SMILES string of the molecule is CO[C@]12CCC[C@@]1(NCc1cn3cc(C)ccc3n1)CCO2. The number of aryl methyl sites for hydroxylation is 1. The van der Waals surface area contributed by atoms with Gasteiger partial charge in [-0.05, 0) is 37.8 Å². The molecular formula is C17H23N3O2. The number of ether oxygens (including phenoxy) is 2. The van der Waals surface area contributed by atoms with Gasteiger partial charge in [0.05, 0.1) is 17.8 Å². The Morgan fingerprint density at radius 3 is 3.09 bits per heavy atom. The molecule has 22 heavy (non-hydrogen) atoms. The molecule has 2 fully saturated rings. The van der Waals surface area contributed by atoms with E-state index in [-0.39, 0.29) is 5.54 Å². The Labute approximate surface area is 130 Å². The number of nitrogens with zero attached hydrogens (tertiary/aromatic N) is 2. The van der Waals surface area contributed by atoms with Crippen LogP contribution in [0.5, 0.6) is 0 Å². The lowest BCUT2D eigenvalue weighted by atomic mass is 9.90. The summed E-state index contributed by atoms with van der Waals surface area (Å²) in [6.07, 6.45) is 8.44. The van der Waals surface area contributed by atoms with E-state index in [4.69, 9.17) is 14.5 Å². The van der Waals surface area contributed by atoms with Crippen LogP contribution in [0.1, 0.15) is 36.9 Å². The van der Waals surface area contributed by atoms with Crippen LogP contribution >= 0.6 is 0 Å². The zero-order valence-electron chi connectivity index (χ0n) is 13.3. The summed E-state index contributed by atoms with van der Waals surface area (Å²) in [6.45, 7) is 3.61. The Balaban J connectivity index is 1.56. The topological polar surface area (TPSA) is 47.8 Å². The molecule has 4 rings (SSSR count). The van der Waals surface area contributed by atoms with Gasteiger partial charge in [-0.15, -0.1) is 0 Å². The van der Waals surface area contributed by atoms with Crippen molar-refractivity contribution in [1.29, 1.82) is 0 Å². The highest BCUT2D eigenvalue weighted by molar-refractivity contribution is 5.41. The molecule has 0 radical (unpaired) electrons. The average Bonchev–Trinajstić information content (AvgIpc) is 3.14. The molecule has 2 atom stereocenters. The molecule has 118 valence electrons. The van der Waals surface area contributed by atoms with Crippen molar-refractivity contribution in [3.63, 3.8) is 0 Å². The van der Waals surface area contributed by atoms with Gasteiger partial charge in [-0.3, -0.25) is 0 Å². The quantitative estimate of drug-likeness (QED) is 0.942. The zero-order chi connectivity index (χ0) is 15.2. The smallest absolute Gasteiger partial charge is 0.186 e. The summed E-state index contributed by atoms with van der Waals surface area (Å²) in [5, 5.41) is 3.71. The van der Waals surface area contributed by atoms with Gasteiger partial charge in [-0.25, -0.2) is 4.98 Å². The van der Waals surface area contributed by atoms with E-state index >= 15 is 0 Å². The molecule has 0 bridgehead atoms. The summed E-state index contributed by atoms with van der Waals surface area (Å²) in [7, 11) is 1.76. The zero-order valence-corrected chi connectivity index (χ0v) is 13.3. The molecule has 1 saturated carbocycles. The van der Waals surface area contributed by atoms with Gasteiger partial charge in [0.2, 0.25) is 0 Å². The van der Waals surface area contributed by atoms with Gasteiger partial charge in [-0.1, -0.05) is 6.07 Å². The molecule has 5 heteroatoms. The van der Waals surface area contributed by atoms with Crippen LogP contribution in [0.2, 0.25) is 0 Å². The lowest BCUT2D eigenvalue weighted by molar-refractivity contribution is -0.216. The maximum Gasteiger partial charge on any atom is 0.186 e. The summed E-state index contributed by atoms with van der Waals surface area (Å²) in [5.41, 5.74) is 3.23. The van der Waals surface area contributed by atoms with Crippen molar-refractivity contribution in [3.8, 4) is 0 Å². The fourth-order valence-electron chi connectivity index (χ4n) is 4.14. The van der Waals surface area contributed by atoms with Gasteiger partial charge in [0.15, 0.2) is 5.79 Å². The second kappa shape index (κ2) is 5.05. The summed E-state index contributed by atoms with van der Waals surface area (Å²) < 4.78 is 13.8. The maximum absolute atomic E-state index is 5.97. The van der Waals surface area contributed by atoms with Gasteiger partial charge in [0, 0.05) is 32.5 Å². The van der Waals surface area contributed by atoms with E-state index < -0.39 is 5.79 Å².